The second kappa shape index (κ2) is 9.86. The summed E-state index contributed by atoms with van der Waals surface area (Å²) in [5, 5.41) is 3.01. The maximum absolute atomic E-state index is 12.6. The van der Waals surface area contributed by atoms with E-state index in [1.165, 1.54) is 41.0 Å². The van der Waals surface area contributed by atoms with Crippen molar-refractivity contribution in [1.82, 2.24) is 0 Å². The normalized spacial score (nSPS) is 13.8. The van der Waals surface area contributed by atoms with Crippen LogP contribution in [0.1, 0.15) is 40.7 Å². The van der Waals surface area contributed by atoms with Gasteiger partial charge in [-0.2, -0.15) is 0 Å². The van der Waals surface area contributed by atoms with Crippen LogP contribution < -0.4 is 10.2 Å². The SMILES string of the molecule is Cc1ccc(SCc2ccc(C(=O)Nc3ccc(N4CCCCC4)cc3)cc2)cc1. The standard InChI is InChI=1S/C26H28N2OS/c1-20-5-15-25(16-6-20)30-19-21-7-9-22(10-8-21)26(29)27-23-11-13-24(14-12-23)28-17-3-2-4-18-28/h5-16H,2-4,17-19H2,1H3,(H,27,29). The molecule has 3 nitrogen and oxygen atoms in total. The van der Waals surface area contributed by atoms with Gasteiger partial charge in [0.1, 0.15) is 0 Å². The number of carbonyl (C=O) groups excluding carboxylic acids is 1. The van der Waals surface area contributed by atoms with Crippen LogP contribution in [0.15, 0.2) is 77.7 Å². The maximum Gasteiger partial charge on any atom is 0.255 e. The molecule has 0 atom stereocenters. The monoisotopic (exact) mass is 416 g/mol. The summed E-state index contributed by atoms with van der Waals surface area (Å²) in [6.45, 7) is 4.35. The van der Waals surface area contributed by atoms with E-state index in [1.807, 2.05) is 48.2 Å². The Balaban J connectivity index is 1.31. The predicted octanol–water partition coefficient (Wildman–Crippen LogP) is 6.53. The van der Waals surface area contributed by atoms with Crippen molar-refractivity contribution in [1.29, 1.82) is 0 Å². The molecule has 1 fully saturated rings. The largest absolute Gasteiger partial charge is 0.372 e. The first-order chi connectivity index (χ1) is 14.7. The van der Waals surface area contributed by atoms with Crippen molar-refractivity contribution in [2.75, 3.05) is 23.3 Å². The number of rotatable bonds is 6. The van der Waals surface area contributed by atoms with Crippen LogP contribution in [0.4, 0.5) is 11.4 Å². The summed E-state index contributed by atoms with van der Waals surface area (Å²) in [6, 6.07) is 24.7. The van der Waals surface area contributed by atoms with Crippen LogP contribution >= 0.6 is 11.8 Å². The van der Waals surface area contributed by atoms with Crippen LogP contribution in [0.25, 0.3) is 0 Å². The number of thioether (sulfide) groups is 1. The first-order valence-corrected chi connectivity index (χ1v) is 11.6. The number of benzene rings is 3. The van der Waals surface area contributed by atoms with E-state index >= 15 is 0 Å². The van der Waals surface area contributed by atoms with Crippen LogP contribution in [-0.2, 0) is 5.75 Å². The zero-order chi connectivity index (χ0) is 20.8. The Kier molecular flexibility index (Phi) is 6.75. The highest BCUT2D eigenvalue weighted by atomic mass is 32.2. The fourth-order valence-electron chi connectivity index (χ4n) is 3.66. The van der Waals surface area contributed by atoms with Gasteiger partial charge < -0.3 is 10.2 Å². The number of nitrogens with one attached hydrogen (secondary N) is 1. The van der Waals surface area contributed by atoms with E-state index in [0.717, 1.165) is 24.5 Å². The van der Waals surface area contributed by atoms with Gasteiger partial charge in [-0.25, -0.2) is 0 Å². The molecule has 1 aliphatic rings. The van der Waals surface area contributed by atoms with Gasteiger partial charge in [0.2, 0.25) is 0 Å². The van der Waals surface area contributed by atoms with Gasteiger partial charge in [0.25, 0.3) is 5.91 Å². The van der Waals surface area contributed by atoms with E-state index < -0.39 is 0 Å². The molecule has 0 aliphatic carbocycles. The molecule has 0 bridgehead atoms. The first-order valence-electron chi connectivity index (χ1n) is 10.6. The number of piperidine rings is 1. The van der Waals surface area contributed by atoms with Crippen molar-refractivity contribution in [3.63, 3.8) is 0 Å². The van der Waals surface area contributed by atoms with E-state index in [2.05, 4.69) is 53.5 Å². The van der Waals surface area contributed by atoms with Gasteiger partial charge in [0.15, 0.2) is 0 Å². The fraction of sp³-hybridized carbons (Fsp3) is 0.269. The molecule has 3 aromatic carbocycles. The lowest BCUT2D eigenvalue weighted by Gasteiger charge is -2.28. The molecule has 0 radical (unpaired) electrons. The summed E-state index contributed by atoms with van der Waals surface area (Å²) in [7, 11) is 0. The molecule has 4 heteroatoms. The van der Waals surface area contributed by atoms with Gasteiger partial charge in [0, 0.05) is 40.7 Å². The molecule has 0 saturated carbocycles. The number of amides is 1. The molecular formula is C26H28N2OS. The highest BCUT2D eigenvalue weighted by Crippen LogP contribution is 2.24. The molecule has 1 aliphatic heterocycles. The van der Waals surface area contributed by atoms with Gasteiger partial charge in [-0.3, -0.25) is 4.79 Å². The molecule has 0 spiro atoms. The number of hydrogen-bond acceptors (Lipinski definition) is 3. The first kappa shape index (κ1) is 20.5. The summed E-state index contributed by atoms with van der Waals surface area (Å²) in [6.07, 6.45) is 3.85. The summed E-state index contributed by atoms with van der Waals surface area (Å²) >= 11 is 1.81. The topological polar surface area (TPSA) is 32.3 Å². The molecule has 1 amide bonds. The van der Waals surface area contributed by atoms with Crippen molar-refractivity contribution in [2.24, 2.45) is 0 Å². The molecule has 4 rings (SSSR count). The van der Waals surface area contributed by atoms with Crippen molar-refractivity contribution in [3.8, 4) is 0 Å². The second-order valence-electron chi connectivity index (χ2n) is 7.85. The summed E-state index contributed by atoms with van der Waals surface area (Å²) in [5.74, 6) is 0.821. The molecule has 30 heavy (non-hydrogen) atoms. The Hall–Kier alpha value is -2.72. The van der Waals surface area contributed by atoms with Gasteiger partial charge in [-0.15, -0.1) is 11.8 Å². The Morgan fingerprint density at radius 2 is 1.53 bits per heavy atom. The second-order valence-corrected chi connectivity index (χ2v) is 8.90. The number of anilines is 2. The fourth-order valence-corrected chi connectivity index (χ4v) is 4.52. The third kappa shape index (κ3) is 5.45. The maximum atomic E-state index is 12.6. The van der Waals surface area contributed by atoms with Crippen molar-refractivity contribution in [2.45, 2.75) is 36.8 Å². The Bertz CT molecular complexity index is 959. The smallest absolute Gasteiger partial charge is 0.255 e. The van der Waals surface area contributed by atoms with E-state index in [1.54, 1.807) is 0 Å². The molecular weight excluding hydrogens is 388 g/mol. The summed E-state index contributed by atoms with van der Waals surface area (Å²) in [4.78, 5) is 16.3. The lowest BCUT2D eigenvalue weighted by Crippen LogP contribution is -2.29. The zero-order valence-corrected chi connectivity index (χ0v) is 18.3. The van der Waals surface area contributed by atoms with E-state index in [-0.39, 0.29) is 5.91 Å². The third-order valence-electron chi connectivity index (χ3n) is 5.49. The van der Waals surface area contributed by atoms with Crippen molar-refractivity contribution < 1.29 is 4.79 Å². The average molecular weight is 417 g/mol. The summed E-state index contributed by atoms with van der Waals surface area (Å²) < 4.78 is 0. The lowest BCUT2D eigenvalue weighted by molar-refractivity contribution is 0.102. The van der Waals surface area contributed by atoms with Crippen LogP contribution in [0.5, 0.6) is 0 Å². The number of nitrogens with zero attached hydrogens (tertiary/aromatic N) is 1. The molecule has 0 unspecified atom stereocenters. The van der Waals surface area contributed by atoms with Crippen LogP contribution in [0, 0.1) is 6.92 Å². The average Bonchev–Trinajstić information content (AvgIpc) is 2.80. The van der Waals surface area contributed by atoms with Gasteiger partial charge in [-0.1, -0.05) is 29.8 Å². The summed E-state index contributed by atoms with van der Waals surface area (Å²) in [5.41, 5.74) is 5.24. The number of carbonyl (C=O) groups is 1. The third-order valence-corrected chi connectivity index (χ3v) is 6.57. The van der Waals surface area contributed by atoms with Crippen LogP contribution in [0.3, 0.4) is 0 Å². The van der Waals surface area contributed by atoms with Gasteiger partial charge in [0.05, 0.1) is 0 Å². The minimum Gasteiger partial charge on any atom is -0.372 e. The highest BCUT2D eigenvalue weighted by Gasteiger charge is 2.11. The Morgan fingerprint density at radius 3 is 2.20 bits per heavy atom. The molecule has 3 aromatic rings. The number of hydrogen-bond donors (Lipinski definition) is 1. The van der Waals surface area contributed by atoms with E-state index in [0.29, 0.717) is 5.56 Å². The highest BCUT2D eigenvalue weighted by molar-refractivity contribution is 7.98. The molecule has 1 heterocycles. The Labute approximate surface area is 183 Å². The predicted molar refractivity (Wildman–Crippen MR) is 128 cm³/mol. The van der Waals surface area contributed by atoms with Crippen LogP contribution in [-0.4, -0.2) is 19.0 Å². The zero-order valence-electron chi connectivity index (χ0n) is 17.4. The van der Waals surface area contributed by atoms with Gasteiger partial charge in [-0.05, 0) is 80.3 Å². The van der Waals surface area contributed by atoms with E-state index in [9.17, 15) is 4.79 Å². The molecule has 1 N–H and O–H groups in total. The lowest BCUT2D eigenvalue weighted by atomic mass is 10.1. The minimum absolute atomic E-state index is 0.0709. The minimum atomic E-state index is -0.0709. The quantitative estimate of drug-likeness (QED) is 0.464. The van der Waals surface area contributed by atoms with Gasteiger partial charge >= 0.3 is 0 Å². The van der Waals surface area contributed by atoms with Crippen molar-refractivity contribution >= 4 is 29.0 Å². The molecule has 1 saturated heterocycles. The van der Waals surface area contributed by atoms with Crippen molar-refractivity contribution in [3.05, 3.63) is 89.5 Å². The van der Waals surface area contributed by atoms with Crippen LogP contribution in [0.2, 0.25) is 0 Å². The Morgan fingerprint density at radius 1 is 0.867 bits per heavy atom. The number of aryl methyl sites for hydroxylation is 1. The molecule has 154 valence electrons. The van der Waals surface area contributed by atoms with E-state index in [4.69, 9.17) is 0 Å². The molecule has 0 aromatic heterocycles.